The van der Waals surface area contributed by atoms with E-state index in [2.05, 4.69) is 205 Å². The number of hydrogen-bond acceptors (Lipinski definition) is 27. The lowest BCUT2D eigenvalue weighted by Crippen LogP contribution is -2.34. The molecule has 0 aromatic rings. The smallest absolute Gasteiger partial charge is 0.306 e. The van der Waals surface area contributed by atoms with Gasteiger partial charge in [-0.25, -0.2) is 0 Å². The van der Waals surface area contributed by atoms with Crippen LogP contribution in [-0.4, -0.2) is 252 Å². The Morgan fingerprint density at radius 3 is 0.637 bits per heavy atom. The van der Waals surface area contributed by atoms with Crippen LogP contribution in [0.5, 0.6) is 0 Å². The van der Waals surface area contributed by atoms with Crippen LogP contribution in [0.2, 0.25) is 0 Å². The van der Waals surface area contributed by atoms with E-state index in [1.165, 1.54) is 51.4 Å². The standard InChI is InChI=1S/C29H56N2O6S.C22H43NO5S.C22H43NO2.C15H30O.C13H27NO.3O3S/c1-10-28(5,6)21-25(33)13-18-31(19-14-26(34)22-29(7,8)23-38(35,36)37)16-11-15-30(9)17-12-24(32)20-27(2,3)4;1-7-9-10-13-23(14-11-19(24)16-21(3,4)8-2)15-12-20(25)17-22(5,6)18-29(26,27)28;1-8-22(5,6)18-19(24)13-11-9-10-12-15-23(7)16-14-20(25)17-21(2,3)4;1-5-7-8-9-10-11-12-14(16)13-15(3,4)6-2;1-6-7-9-14(5)10-8-12(15)11-13(2,3)4;3*1-4(2)3/h10-23H2,1-9H3,(H,35,36,37);7-18H2,1-6H3,(H,26,27,28);8-18H2,1-7H3;5-13H2,1-4H3;6-11H2,1-5H3;;;. The molecule has 0 spiro atoms. The van der Waals surface area contributed by atoms with E-state index in [1.54, 1.807) is 27.7 Å². The van der Waals surface area contributed by atoms with Crippen molar-refractivity contribution in [1.29, 1.82) is 0 Å². The fourth-order valence-electron chi connectivity index (χ4n) is 14.2. The summed E-state index contributed by atoms with van der Waals surface area (Å²) in [6, 6.07) is 0. The maximum absolute atomic E-state index is 12.6. The van der Waals surface area contributed by atoms with Crippen LogP contribution in [0.3, 0.4) is 0 Å². The highest BCUT2D eigenvalue weighted by atomic mass is 32.2. The SMILES string of the molecule is CCC(C)(C)CC(=O)CCCCCCN(C)CCC(=O)CC(C)(C)C.CCC(C)(C)CC(=O)CCN(CCCN(C)CCC(=O)CC(C)(C)C)CCC(=O)CC(C)(C)CS(=O)(=O)O.CCCCCCCCC(=O)CC(C)(C)CC.CCCCCN(CCC(=O)CC(C)(C)CC)CCC(=O)CC(C)(C)CS(=O)(=O)O.CCCCN(C)CCC(=O)CC(C)(C)C.O=S(=O)=O.O=S(=O)=O.O=S(=O)=O. The highest BCUT2D eigenvalue weighted by Crippen LogP contribution is 2.31. The van der Waals surface area contributed by atoms with Crippen LogP contribution in [0.25, 0.3) is 0 Å². The van der Waals surface area contributed by atoms with Gasteiger partial charge < -0.3 is 24.5 Å². The molecule has 34 heteroatoms. The summed E-state index contributed by atoms with van der Waals surface area (Å²) in [5, 5.41) is 0. The first-order chi connectivity index (χ1) is 61.3. The summed E-state index contributed by atoms with van der Waals surface area (Å²) in [5.41, 5.74) is -1.03. The van der Waals surface area contributed by atoms with Crippen LogP contribution in [0.15, 0.2) is 0 Å². The molecule has 0 aliphatic heterocycles. The van der Waals surface area contributed by atoms with Gasteiger partial charge in [0.2, 0.25) is 0 Å². The molecule has 29 nitrogen and oxygen atoms in total. The number of Topliss-reactive ketones (excluding diaryl/α,β-unsaturated/α-hetero) is 9. The average Bonchev–Trinajstić information content (AvgIpc) is 0.870. The lowest BCUT2D eigenvalue weighted by Gasteiger charge is -2.26. The molecular formula is C101H199N5O24S5. The molecule has 0 atom stereocenters. The van der Waals surface area contributed by atoms with Crippen molar-refractivity contribution in [2.45, 2.75) is 438 Å². The molecule has 0 aliphatic rings. The normalized spacial score (nSPS) is 12.2. The predicted octanol–water partition coefficient (Wildman–Crippen LogP) is 20.5. The molecule has 135 heavy (non-hydrogen) atoms. The highest BCUT2D eigenvalue weighted by molar-refractivity contribution is 7.86. The second-order valence-electron chi connectivity index (χ2n) is 45.5. The molecule has 0 amide bonds. The van der Waals surface area contributed by atoms with E-state index in [0.717, 1.165) is 149 Å². The Labute approximate surface area is 828 Å². The number of carbonyl (C=O) groups excluding carboxylic acids is 9. The summed E-state index contributed by atoms with van der Waals surface area (Å²) < 4.78 is 139. The largest absolute Gasteiger partial charge is 0.425 e. The van der Waals surface area contributed by atoms with Gasteiger partial charge in [0.05, 0.1) is 11.5 Å². The van der Waals surface area contributed by atoms with E-state index in [-0.39, 0.29) is 86.1 Å². The minimum atomic E-state index is -4.16. The van der Waals surface area contributed by atoms with Crippen molar-refractivity contribution < 1.29 is 107 Å². The number of unbranched alkanes of at least 4 members (excludes halogenated alkanes) is 11. The highest BCUT2D eigenvalue weighted by Gasteiger charge is 2.31. The molecule has 0 saturated carbocycles. The Morgan fingerprint density at radius 2 is 0.400 bits per heavy atom. The number of nitrogens with zero attached hydrogens (tertiary/aromatic N) is 5. The number of carbonyl (C=O) groups is 9. The van der Waals surface area contributed by atoms with Crippen molar-refractivity contribution in [3.63, 3.8) is 0 Å². The van der Waals surface area contributed by atoms with Gasteiger partial charge in [0.15, 0.2) is 0 Å². The first-order valence-corrected chi connectivity index (χ1v) is 55.9. The van der Waals surface area contributed by atoms with E-state index in [0.29, 0.717) is 126 Å². The summed E-state index contributed by atoms with van der Waals surface area (Å²) in [6.45, 7) is 67.1. The predicted molar refractivity (Wildman–Crippen MR) is 549 cm³/mol. The minimum Gasteiger partial charge on any atom is -0.306 e. The van der Waals surface area contributed by atoms with E-state index in [1.807, 2.05) is 7.05 Å². The lowest BCUT2D eigenvalue weighted by molar-refractivity contribution is -0.123. The Kier molecular flexibility index (Phi) is 85.4. The van der Waals surface area contributed by atoms with Crippen LogP contribution >= 0.6 is 0 Å². The van der Waals surface area contributed by atoms with Gasteiger partial charge in [-0.1, -0.05) is 284 Å². The van der Waals surface area contributed by atoms with Gasteiger partial charge in [0, 0.05) is 161 Å². The number of rotatable bonds is 69. The maximum Gasteiger partial charge on any atom is 0.425 e. The van der Waals surface area contributed by atoms with Crippen molar-refractivity contribution in [3.05, 3.63) is 0 Å². The fraction of sp³-hybridized carbons (Fsp3) is 0.911. The van der Waals surface area contributed by atoms with E-state index < -0.39 is 74.4 Å². The molecule has 0 aromatic heterocycles. The van der Waals surface area contributed by atoms with Crippen molar-refractivity contribution in [2.75, 3.05) is 111 Å². The minimum absolute atomic E-state index is 0.00106. The average molecular weight is 2030 g/mol. The van der Waals surface area contributed by atoms with Crippen LogP contribution < -0.4 is 0 Å². The molecule has 0 unspecified atom stereocenters. The van der Waals surface area contributed by atoms with Crippen molar-refractivity contribution >= 4 is 104 Å². The Morgan fingerprint density at radius 1 is 0.222 bits per heavy atom. The first-order valence-electron chi connectivity index (χ1n) is 49.7. The molecule has 0 saturated heterocycles. The van der Waals surface area contributed by atoms with Gasteiger partial charge in [-0.3, -0.25) is 52.3 Å². The summed E-state index contributed by atoms with van der Waals surface area (Å²) in [7, 11) is -11.4. The topological polar surface area (TPSA) is 432 Å². The third kappa shape index (κ3) is 122. The van der Waals surface area contributed by atoms with Crippen LogP contribution in [0, 0.1) is 48.7 Å². The molecule has 0 aromatic carbocycles. The molecule has 0 heterocycles. The Bertz CT molecular complexity index is 3780. The Balaban J connectivity index is -0.000000249. The number of ketones is 9. The maximum atomic E-state index is 12.6. The molecule has 0 aliphatic carbocycles. The van der Waals surface area contributed by atoms with Crippen LogP contribution in [0.4, 0.5) is 0 Å². The van der Waals surface area contributed by atoms with E-state index in [9.17, 15) is 60.0 Å². The zero-order chi connectivity index (χ0) is 107. The number of hydrogen-bond donors (Lipinski definition) is 2. The molecule has 0 fully saturated rings. The van der Waals surface area contributed by atoms with Crippen molar-refractivity contribution in [3.8, 4) is 0 Å². The summed E-state index contributed by atoms with van der Waals surface area (Å²) in [5.74, 6) is 1.44. The zero-order valence-corrected chi connectivity index (χ0v) is 95.0. The fourth-order valence-corrected chi connectivity index (χ4v) is 16.4. The Hall–Kier alpha value is -4.49. The molecular weight excluding hydrogens is 1830 g/mol. The van der Waals surface area contributed by atoms with Crippen LogP contribution in [0.1, 0.15) is 438 Å². The molecule has 802 valence electrons. The monoisotopic (exact) mass is 2030 g/mol. The second-order valence-corrected chi connectivity index (χ2v) is 49.7. The molecule has 0 radical (unpaired) electrons. The van der Waals surface area contributed by atoms with Crippen molar-refractivity contribution in [2.24, 2.45) is 48.7 Å². The molecule has 2 N–H and O–H groups in total. The second kappa shape index (κ2) is 79.0. The first kappa shape index (κ1) is 146. The zero-order valence-electron chi connectivity index (χ0n) is 90.9. The van der Waals surface area contributed by atoms with Gasteiger partial charge in [-0.15, -0.1) is 37.9 Å². The van der Waals surface area contributed by atoms with Gasteiger partial charge in [0.1, 0.15) is 52.0 Å². The molecule has 0 bridgehead atoms. The van der Waals surface area contributed by atoms with Crippen molar-refractivity contribution in [1.82, 2.24) is 24.5 Å². The van der Waals surface area contributed by atoms with Crippen LogP contribution in [-0.2, 0) is 95.2 Å². The van der Waals surface area contributed by atoms with Gasteiger partial charge in [-0.2, -0.15) is 16.8 Å². The van der Waals surface area contributed by atoms with Gasteiger partial charge in [0.25, 0.3) is 20.2 Å². The summed E-state index contributed by atoms with van der Waals surface area (Å²) in [6.07, 6.45) is 32.4. The summed E-state index contributed by atoms with van der Waals surface area (Å²) in [4.78, 5) is 120. The third-order valence-corrected chi connectivity index (χ3v) is 25.2. The summed E-state index contributed by atoms with van der Waals surface area (Å²) >= 11 is 0. The molecule has 0 rings (SSSR count). The lowest BCUT2D eigenvalue weighted by atomic mass is 9.84. The van der Waals surface area contributed by atoms with E-state index in [4.69, 9.17) is 47.0 Å². The van der Waals surface area contributed by atoms with E-state index >= 15 is 0 Å². The quantitative estimate of drug-likeness (QED) is 0.0422. The van der Waals surface area contributed by atoms with Gasteiger partial charge in [-0.05, 0) is 141 Å². The third-order valence-electron chi connectivity index (χ3n) is 22.9. The van der Waals surface area contributed by atoms with Gasteiger partial charge >= 0.3 is 31.8 Å².